The highest BCUT2D eigenvalue weighted by atomic mass is 35.5. The second kappa shape index (κ2) is 6.80. The molecule has 2 aromatic carbocycles. The fourth-order valence-electron chi connectivity index (χ4n) is 4.39. The van der Waals surface area contributed by atoms with Crippen molar-refractivity contribution in [1.82, 2.24) is 8.87 Å². The van der Waals surface area contributed by atoms with Crippen molar-refractivity contribution in [3.05, 3.63) is 77.1 Å². The van der Waals surface area contributed by atoms with Crippen LogP contribution in [0.2, 0.25) is 5.02 Å². The number of benzene rings is 2. The molecule has 3 aromatic rings. The lowest BCUT2D eigenvalue weighted by Crippen LogP contribution is -2.51. The average Bonchev–Trinajstić information content (AvgIpc) is 3.22. The smallest absolute Gasteiger partial charge is 0.243 e. The van der Waals surface area contributed by atoms with E-state index in [0.29, 0.717) is 17.9 Å². The van der Waals surface area contributed by atoms with Gasteiger partial charge in [-0.15, -0.1) is 0 Å². The van der Waals surface area contributed by atoms with Crippen LogP contribution in [0.3, 0.4) is 0 Å². The topological polar surface area (TPSA) is 54.3 Å². The highest BCUT2D eigenvalue weighted by molar-refractivity contribution is 7.89. The molecule has 9 heteroatoms. The lowest BCUT2D eigenvalue weighted by Gasteiger charge is -2.45. The number of anilines is 1. The predicted octanol–water partition coefficient (Wildman–Crippen LogP) is 4.51. The van der Waals surface area contributed by atoms with E-state index in [9.17, 15) is 17.2 Å². The molecular weight excluding hydrogens is 432 g/mol. The van der Waals surface area contributed by atoms with E-state index in [1.54, 1.807) is 0 Å². The van der Waals surface area contributed by atoms with Gasteiger partial charge in [0, 0.05) is 30.0 Å². The molecule has 0 aliphatic carbocycles. The molecule has 1 spiro atoms. The molecule has 1 N–H and O–H groups in total. The first-order valence-corrected chi connectivity index (χ1v) is 11.3. The van der Waals surface area contributed by atoms with E-state index in [4.69, 9.17) is 11.6 Å². The maximum absolute atomic E-state index is 13.6. The molecule has 1 saturated heterocycles. The summed E-state index contributed by atoms with van der Waals surface area (Å²) in [6, 6.07) is 12.3. The van der Waals surface area contributed by atoms with Gasteiger partial charge in [-0.25, -0.2) is 17.2 Å². The number of rotatable bonds is 2. The Balaban J connectivity index is 1.44. The zero-order valence-corrected chi connectivity index (χ0v) is 17.4. The van der Waals surface area contributed by atoms with Crippen LogP contribution in [0.15, 0.2) is 59.6 Å². The van der Waals surface area contributed by atoms with Gasteiger partial charge >= 0.3 is 0 Å². The van der Waals surface area contributed by atoms with Gasteiger partial charge in [0.2, 0.25) is 10.0 Å². The molecule has 156 valence electrons. The molecule has 0 saturated carbocycles. The number of hydrogen-bond acceptors (Lipinski definition) is 3. The Morgan fingerprint density at radius 2 is 1.77 bits per heavy atom. The Kier molecular flexibility index (Phi) is 4.43. The lowest BCUT2D eigenvalue weighted by atomic mass is 9.83. The fraction of sp³-hybridized carbons (Fsp3) is 0.238. The van der Waals surface area contributed by atoms with Gasteiger partial charge in [-0.1, -0.05) is 11.6 Å². The SMILES string of the molecule is O=S(=O)(c1ccc(F)c(F)c1)N1CCC2(CC1)Nc1ccc(Cl)cc1-n1cccc12. The van der Waals surface area contributed by atoms with E-state index in [1.807, 2.05) is 36.5 Å². The number of piperidine rings is 1. The molecule has 5 rings (SSSR count). The summed E-state index contributed by atoms with van der Waals surface area (Å²) in [5.74, 6) is -2.25. The maximum Gasteiger partial charge on any atom is 0.243 e. The second-order valence-corrected chi connectivity index (χ2v) is 9.99. The first-order chi connectivity index (χ1) is 14.3. The van der Waals surface area contributed by atoms with Crippen LogP contribution in [0.1, 0.15) is 18.5 Å². The van der Waals surface area contributed by atoms with Crippen molar-refractivity contribution in [3.63, 3.8) is 0 Å². The minimum absolute atomic E-state index is 0.239. The summed E-state index contributed by atoms with van der Waals surface area (Å²) in [6.45, 7) is 0.505. The van der Waals surface area contributed by atoms with Crippen LogP contribution in [0.25, 0.3) is 5.69 Å². The number of nitrogens with zero attached hydrogens (tertiary/aromatic N) is 2. The molecule has 5 nitrogen and oxygen atoms in total. The third-order valence-electron chi connectivity index (χ3n) is 5.94. The molecule has 0 amide bonds. The van der Waals surface area contributed by atoms with E-state index < -0.39 is 27.2 Å². The Labute approximate surface area is 177 Å². The number of sulfonamides is 1. The highest BCUT2D eigenvalue weighted by Gasteiger charge is 2.44. The van der Waals surface area contributed by atoms with Crippen molar-refractivity contribution in [1.29, 1.82) is 0 Å². The first-order valence-electron chi connectivity index (χ1n) is 9.51. The monoisotopic (exact) mass is 449 g/mol. The predicted molar refractivity (Wildman–Crippen MR) is 110 cm³/mol. The number of nitrogens with one attached hydrogen (secondary N) is 1. The quantitative estimate of drug-likeness (QED) is 0.626. The minimum atomic E-state index is -3.91. The second-order valence-electron chi connectivity index (χ2n) is 7.61. The van der Waals surface area contributed by atoms with Crippen LogP contribution in [0.5, 0.6) is 0 Å². The average molecular weight is 450 g/mol. The number of fused-ring (bicyclic) bond motifs is 4. The molecule has 0 unspecified atom stereocenters. The molecule has 1 fully saturated rings. The Hall–Kier alpha value is -2.42. The standard InChI is InChI=1S/C21H18ClF2N3O2S/c22-14-3-6-18-19(12-14)27-9-1-2-20(27)21(25-18)7-10-26(11-8-21)30(28,29)15-4-5-16(23)17(24)13-15/h1-6,9,12-13,25H,7-8,10-11H2. The van der Waals surface area contributed by atoms with Crippen LogP contribution >= 0.6 is 11.6 Å². The zero-order chi connectivity index (χ0) is 21.1. The van der Waals surface area contributed by atoms with Gasteiger partial charge in [0.15, 0.2) is 11.6 Å². The van der Waals surface area contributed by atoms with Gasteiger partial charge in [-0.3, -0.25) is 0 Å². The van der Waals surface area contributed by atoms with Gasteiger partial charge < -0.3 is 9.88 Å². The van der Waals surface area contributed by atoms with Crippen molar-refractivity contribution in [3.8, 4) is 5.69 Å². The van der Waals surface area contributed by atoms with E-state index in [2.05, 4.69) is 9.88 Å². The maximum atomic E-state index is 13.6. The minimum Gasteiger partial charge on any atom is -0.372 e. The fourth-order valence-corrected chi connectivity index (χ4v) is 6.01. The third-order valence-corrected chi connectivity index (χ3v) is 8.07. The molecule has 0 bridgehead atoms. The van der Waals surface area contributed by atoms with Crippen LogP contribution in [-0.2, 0) is 15.6 Å². The van der Waals surface area contributed by atoms with Crippen molar-refractivity contribution >= 4 is 27.3 Å². The summed E-state index contributed by atoms with van der Waals surface area (Å²) in [6.07, 6.45) is 3.03. The summed E-state index contributed by atoms with van der Waals surface area (Å²) in [7, 11) is -3.91. The van der Waals surface area contributed by atoms with E-state index in [-0.39, 0.29) is 18.0 Å². The number of halogens is 3. The molecule has 0 atom stereocenters. The largest absolute Gasteiger partial charge is 0.372 e. The van der Waals surface area contributed by atoms with Gasteiger partial charge in [0.05, 0.1) is 21.8 Å². The van der Waals surface area contributed by atoms with E-state index >= 15 is 0 Å². The lowest BCUT2D eigenvalue weighted by molar-refractivity contribution is 0.247. The van der Waals surface area contributed by atoms with Crippen LogP contribution in [0.4, 0.5) is 14.5 Å². The molecule has 1 aromatic heterocycles. The van der Waals surface area contributed by atoms with Gasteiger partial charge in [-0.2, -0.15) is 4.31 Å². The molecule has 2 aliphatic heterocycles. The first kappa shape index (κ1) is 19.5. The van der Waals surface area contributed by atoms with Gasteiger partial charge in [0.25, 0.3) is 0 Å². The van der Waals surface area contributed by atoms with Gasteiger partial charge in [-0.05, 0) is 61.4 Å². The molecule has 0 radical (unpaired) electrons. The van der Waals surface area contributed by atoms with Crippen molar-refractivity contribution < 1.29 is 17.2 Å². The van der Waals surface area contributed by atoms with Crippen LogP contribution in [-0.4, -0.2) is 30.4 Å². The summed E-state index contributed by atoms with van der Waals surface area (Å²) >= 11 is 6.17. The van der Waals surface area contributed by atoms with Crippen molar-refractivity contribution in [2.45, 2.75) is 23.3 Å². The van der Waals surface area contributed by atoms with Gasteiger partial charge in [0.1, 0.15) is 0 Å². The van der Waals surface area contributed by atoms with Crippen molar-refractivity contribution in [2.75, 3.05) is 18.4 Å². The highest BCUT2D eigenvalue weighted by Crippen LogP contribution is 2.44. The Morgan fingerprint density at radius 3 is 2.50 bits per heavy atom. The summed E-state index contributed by atoms with van der Waals surface area (Å²) < 4.78 is 56.1. The number of aromatic nitrogens is 1. The molecule has 30 heavy (non-hydrogen) atoms. The van der Waals surface area contributed by atoms with Crippen LogP contribution < -0.4 is 5.32 Å². The van der Waals surface area contributed by atoms with E-state index in [0.717, 1.165) is 35.3 Å². The normalized spacial score (nSPS) is 18.0. The third kappa shape index (κ3) is 2.93. The Bertz CT molecular complexity index is 1250. The molecule has 2 aliphatic rings. The Morgan fingerprint density at radius 1 is 1.00 bits per heavy atom. The number of hydrogen-bond donors (Lipinski definition) is 1. The van der Waals surface area contributed by atoms with Crippen molar-refractivity contribution in [2.24, 2.45) is 0 Å². The van der Waals surface area contributed by atoms with E-state index in [1.165, 1.54) is 4.31 Å². The molecular formula is C21H18ClF2N3O2S. The van der Waals surface area contributed by atoms with Crippen LogP contribution in [0, 0.1) is 11.6 Å². The summed E-state index contributed by atoms with van der Waals surface area (Å²) in [5, 5.41) is 4.24. The molecule has 3 heterocycles. The zero-order valence-electron chi connectivity index (χ0n) is 15.8. The summed E-state index contributed by atoms with van der Waals surface area (Å²) in [5.41, 5.74) is 2.50. The summed E-state index contributed by atoms with van der Waals surface area (Å²) in [4.78, 5) is -0.239.